The average Bonchev–Trinajstić information content (AvgIpc) is 2.46. The minimum Gasteiger partial charge on any atom is -0.481 e. The molecular formula is C15H10Br2F3NO2. The van der Waals surface area contributed by atoms with Crippen molar-refractivity contribution in [1.29, 1.82) is 0 Å². The number of para-hydroxylation sites is 2. The monoisotopic (exact) mass is 451 g/mol. The van der Waals surface area contributed by atoms with E-state index in [1.807, 2.05) is 0 Å². The Labute approximate surface area is 147 Å². The van der Waals surface area contributed by atoms with Crippen LogP contribution < -0.4 is 10.1 Å². The van der Waals surface area contributed by atoms with Gasteiger partial charge in [-0.1, -0.05) is 18.2 Å². The van der Waals surface area contributed by atoms with E-state index in [0.717, 1.165) is 6.07 Å². The molecule has 0 saturated carbocycles. The molecule has 0 aliphatic rings. The van der Waals surface area contributed by atoms with Gasteiger partial charge in [-0.3, -0.25) is 4.79 Å². The van der Waals surface area contributed by atoms with Gasteiger partial charge in [0.25, 0.3) is 5.91 Å². The number of carbonyl (C=O) groups is 1. The van der Waals surface area contributed by atoms with Gasteiger partial charge in [-0.25, -0.2) is 0 Å². The SMILES string of the molecule is O=C(COc1c(Br)cccc1Br)Nc1ccccc1C(F)(F)F. The van der Waals surface area contributed by atoms with Gasteiger partial charge in [-0.05, 0) is 56.1 Å². The number of benzene rings is 2. The van der Waals surface area contributed by atoms with Crippen LogP contribution in [0, 0.1) is 0 Å². The van der Waals surface area contributed by atoms with E-state index in [9.17, 15) is 18.0 Å². The minimum absolute atomic E-state index is 0.306. The molecule has 0 aliphatic carbocycles. The number of hydrogen-bond donors (Lipinski definition) is 1. The fraction of sp³-hybridized carbons (Fsp3) is 0.133. The Balaban J connectivity index is 2.07. The first-order valence-corrected chi connectivity index (χ1v) is 7.90. The summed E-state index contributed by atoms with van der Waals surface area (Å²) in [4.78, 5) is 11.9. The summed E-state index contributed by atoms with van der Waals surface area (Å²) in [7, 11) is 0. The highest BCUT2D eigenvalue weighted by atomic mass is 79.9. The van der Waals surface area contributed by atoms with Gasteiger partial charge < -0.3 is 10.1 Å². The van der Waals surface area contributed by atoms with Crippen molar-refractivity contribution in [3.63, 3.8) is 0 Å². The molecule has 8 heteroatoms. The van der Waals surface area contributed by atoms with E-state index < -0.39 is 24.3 Å². The molecule has 122 valence electrons. The van der Waals surface area contributed by atoms with E-state index in [1.54, 1.807) is 18.2 Å². The van der Waals surface area contributed by atoms with Crippen molar-refractivity contribution in [2.45, 2.75) is 6.18 Å². The topological polar surface area (TPSA) is 38.3 Å². The van der Waals surface area contributed by atoms with Gasteiger partial charge in [0.05, 0.1) is 20.2 Å². The van der Waals surface area contributed by atoms with E-state index in [1.165, 1.54) is 18.2 Å². The smallest absolute Gasteiger partial charge is 0.418 e. The highest BCUT2D eigenvalue weighted by Gasteiger charge is 2.33. The van der Waals surface area contributed by atoms with Crippen LogP contribution in [0.1, 0.15) is 5.56 Å². The predicted octanol–water partition coefficient (Wildman–Crippen LogP) is 5.25. The summed E-state index contributed by atoms with van der Waals surface area (Å²) in [5.74, 6) is -0.295. The Morgan fingerprint density at radius 1 is 1.04 bits per heavy atom. The van der Waals surface area contributed by atoms with E-state index in [2.05, 4.69) is 37.2 Å². The van der Waals surface area contributed by atoms with Crippen LogP contribution in [0.15, 0.2) is 51.4 Å². The number of hydrogen-bond acceptors (Lipinski definition) is 2. The van der Waals surface area contributed by atoms with Gasteiger partial charge in [0.1, 0.15) is 5.75 Å². The molecule has 2 aromatic carbocycles. The molecule has 0 heterocycles. The first-order valence-electron chi connectivity index (χ1n) is 6.32. The molecule has 0 fully saturated rings. The highest BCUT2D eigenvalue weighted by molar-refractivity contribution is 9.11. The standard InChI is InChI=1S/C15H10Br2F3NO2/c16-10-5-3-6-11(17)14(10)23-8-13(22)21-12-7-2-1-4-9(12)15(18,19)20/h1-7H,8H2,(H,21,22). The second-order valence-electron chi connectivity index (χ2n) is 4.43. The summed E-state index contributed by atoms with van der Waals surface area (Å²) < 4.78 is 45.2. The molecule has 1 N–H and O–H groups in total. The Morgan fingerprint density at radius 3 is 2.26 bits per heavy atom. The molecular weight excluding hydrogens is 443 g/mol. The van der Waals surface area contributed by atoms with E-state index in [0.29, 0.717) is 14.7 Å². The molecule has 0 aromatic heterocycles. The van der Waals surface area contributed by atoms with Crippen LogP contribution >= 0.6 is 31.9 Å². The Morgan fingerprint density at radius 2 is 1.65 bits per heavy atom. The summed E-state index contributed by atoms with van der Waals surface area (Å²) in [5.41, 5.74) is -1.21. The van der Waals surface area contributed by atoms with Gasteiger partial charge in [0.15, 0.2) is 6.61 Å². The summed E-state index contributed by atoms with van der Waals surface area (Å²) in [6.45, 7) is -0.423. The lowest BCUT2D eigenvalue weighted by atomic mass is 10.1. The van der Waals surface area contributed by atoms with Crippen LogP contribution in [0.5, 0.6) is 5.75 Å². The van der Waals surface area contributed by atoms with E-state index in [-0.39, 0.29) is 5.69 Å². The predicted molar refractivity (Wildman–Crippen MR) is 87.4 cm³/mol. The normalized spacial score (nSPS) is 11.2. The molecule has 0 aliphatic heterocycles. The van der Waals surface area contributed by atoms with Crippen LogP contribution in [0.4, 0.5) is 18.9 Å². The van der Waals surface area contributed by atoms with Crippen molar-refractivity contribution in [1.82, 2.24) is 0 Å². The molecule has 0 bridgehead atoms. The van der Waals surface area contributed by atoms with Crippen molar-refractivity contribution in [2.75, 3.05) is 11.9 Å². The zero-order chi connectivity index (χ0) is 17.0. The Hall–Kier alpha value is -1.54. The van der Waals surface area contributed by atoms with E-state index in [4.69, 9.17) is 4.74 Å². The third-order valence-electron chi connectivity index (χ3n) is 2.77. The number of rotatable bonds is 4. The number of nitrogens with one attached hydrogen (secondary N) is 1. The van der Waals surface area contributed by atoms with Crippen LogP contribution in [-0.2, 0) is 11.0 Å². The van der Waals surface area contributed by atoms with Crippen molar-refractivity contribution in [3.05, 3.63) is 57.0 Å². The number of ether oxygens (including phenoxy) is 1. The van der Waals surface area contributed by atoms with Crippen LogP contribution in [0.25, 0.3) is 0 Å². The molecule has 0 unspecified atom stereocenters. The third kappa shape index (κ3) is 4.71. The number of alkyl halides is 3. The summed E-state index contributed by atoms with van der Waals surface area (Å²) in [5, 5.41) is 2.21. The summed E-state index contributed by atoms with van der Waals surface area (Å²) in [6, 6.07) is 9.97. The fourth-order valence-electron chi connectivity index (χ4n) is 1.78. The first-order chi connectivity index (χ1) is 10.8. The van der Waals surface area contributed by atoms with Gasteiger partial charge >= 0.3 is 6.18 Å². The van der Waals surface area contributed by atoms with Crippen molar-refractivity contribution in [2.24, 2.45) is 0 Å². The number of amides is 1. The molecule has 2 rings (SSSR count). The second kappa shape index (κ2) is 7.35. The van der Waals surface area contributed by atoms with E-state index >= 15 is 0 Å². The number of anilines is 1. The van der Waals surface area contributed by atoms with Gasteiger partial charge in [-0.2, -0.15) is 13.2 Å². The van der Waals surface area contributed by atoms with Crippen molar-refractivity contribution < 1.29 is 22.7 Å². The molecule has 3 nitrogen and oxygen atoms in total. The lowest BCUT2D eigenvalue weighted by Gasteiger charge is -2.14. The number of halogens is 5. The van der Waals surface area contributed by atoms with Crippen LogP contribution in [-0.4, -0.2) is 12.5 Å². The minimum atomic E-state index is -4.55. The Bertz CT molecular complexity index is 700. The summed E-state index contributed by atoms with van der Waals surface area (Å²) >= 11 is 6.53. The third-order valence-corrected chi connectivity index (χ3v) is 4.02. The molecule has 2 aromatic rings. The lowest BCUT2D eigenvalue weighted by molar-refractivity contribution is -0.137. The van der Waals surface area contributed by atoms with Crippen LogP contribution in [0.3, 0.4) is 0 Å². The largest absolute Gasteiger partial charge is 0.481 e. The molecule has 0 radical (unpaired) electrons. The average molecular weight is 453 g/mol. The van der Waals surface area contributed by atoms with Crippen molar-refractivity contribution >= 4 is 43.5 Å². The molecule has 1 amide bonds. The maximum atomic E-state index is 12.9. The highest BCUT2D eigenvalue weighted by Crippen LogP contribution is 2.35. The fourth-order valence-corrected chi connectivity index (χ4v) is 3.01. The van der Waals surface area contributed by atoms with Gasteiger partial charge in [0.2, 0.25) is 0 Å². The first kappa shape index (κ1) is 17.8. The number of carbonyl (C=O) groups excluding carboxylic acids is 1. The lowest BCUT2D eigenvalue weighted by Crippen LogP contribution is -2.22. The molecule has 0 atom stereocenters. The Kier molecular flexibility index (Phi) is 5.69. The van der Waals surface area contributed by atoms with Crippen LogP contribution in [0.2, 0.25) is 0 Å². The molecule has 0 saturated heterocycles. The zero-order valence-electron chi connectivity index (χ0n) is 11.5. The quantitative estimate of drug-likeness (QED) is 0.688. The van der Waals surface area contributed by atoms with Crippen molar-refractivity contribution in [3.8, 4) is 5.75 Å². The second-order valence-corrected chi connectivity index (χ2v) is 6.14. The molecule has 23 heavy (non-hydrogen) atoms. The maximum Gasteiger partial charge on any atom is 0.418 e. The maximum absolute atomic E-state index is 12.9. The van der Waals surface area contributed by atoms with Gasteiger partial charge in [0, 0.05) is 0 Å². The zero-order valence-corrected chi connectivity index (χ0v) is 14.6. The summed E-state index contributed by atoms with van der Waals surface area (Å²) in [6.07, 6.45) is -4.55. The van der Waals surface area contributed by atoms with Gasteiger partial charge in [-0.15, -0.1) is 0 Å². The molecule has 0 spiro atoms.